The fourth-order valence-electron chi connectivity index (χ4n) is 2.26. The normalized spacial score (nSPS) is 22.6. The van der Waals surface area contributed by atoms with Gasteiger partial charge >= 0.3 is 0 Å². The number of hydrogen-bond donors (Lipinski definition) is 1. The third-order valence-corrected chi connectivity index (χ3v) is 7.20. The lowest BCUT2D eigenvalue weighted by Gasteiger charge is -2.23. The Balaban J connectivity index is 2.25. The maximum absolute atomic E-state index is 12.4. The van der Waals surface area contributed by atoms with Crippen LogP contribution in [0.4, 0.5) is 0 Å². The maximum Gasteiger partial charge on any atom is 0.241 e. The second kappa shape index (κ2) is 5.75. The van der Waals surface area contributed by atoms with Crippen LogP contribution in [0, 0.1) is 6.92 Å². The van der Waals surface area contributed by atoms with E-state index in [1.54, 1.807) is 19.1 Å². The molecule has 1 aromatic rings. The van der Waals surface area contributed by atoms with Crippen molar-refractivity contribution in [3.05, 3.63) is 28.2 Å². The molecule has 8 heteroatoms. The number of benzene rings is 1. The molecule has 1 atom stereocenters. The summed E-state index contributed by atoms with van der Waals surface area (Å²) in [5.41, 5.74) is 0.624. The SMILES string of the molecule is Cc1ccc(Br)cc1S(=O)(=O)NC1CCCS(=O)(=O)C1. The number of rotatable bonds is 3. The van der Waals surface area contributed by atoms with Crippen LogP contribution in [0.3, 0.4) is 0 Å². The maximum atomic E-state index is 12.4. The molecule has 1 heterocycles. The predicted molar refractivity (Wildman–Crippen MR) is 80.9 cm³/mol. The van der Waals surface area contributed by atoms with Crippen molar-refractivity contribution in [2.24, 2.45) is 0 Å². The molecule has 5 nitrogen and oxygen atoms in total. The molecule has 0 bridgehead atoms. The van der Waals surface area contributed by atoms with Gasteiger partial charge in [-0.05, 0) is 37.5 Å². The Labute approximate surface area is 127 Å². The molecule has 0 radical (unpaired) electrons. The first-order valence-electron chi connectivity index (χ1n) is 6.18. The van der Waals surface area contributed by atoms with Crippen LogP contribution in [-0.2, 0) is 19.9 Å². The average Bonchev–Trinajstić information content (AvgIpc) is 2.30. The van der Waals surface area contributed by atoms with Crippen molar-refractivity contribution < 1.29 is 16.8 Å². The van der Waals surface area contributed by atoms with Crippen molar-refractivity contribution in [1.82, 2.24) is 4.72 Å². The molecule has 1 aliphatic heterocycles. The lowest BCUT2D eigenvalue weighted by atomic mass is 10.2. The summed E-state index contributed by atoms with van der Waals surface area (Å²) in [6.07, 6.45) is 1.04. The minimum atomic E-state index is -3.71. The van der Waals surface area contributed by atoms with Gasteiger partial charge in [0.25, 0.3) is 0 Å². The summed E-state index contributed by atoms with van der Waals surface area (Å²) in [6.45, 7) is 1.71. The highest BCUT2D eigenvalue weighted by atomic mass is 79.9. The first kappa shape index (κ1) is 15.9. The van der Waals surface area contributed by atoms with Gasteiger partial charge in [0.15, 0.2) is 9.84 Å². The predicted octanol–water partition coefficient (Wildman–Crippen LogP) is 1.61. The number of sulfone groups is 1. The Morgan fingerprint density at radius 1 is 1.35 bits per heavy atom. The van der Waals surface area contributed by atoms with Crippen molar-refractivity contribution in [2.75, 3.05) is 11.5 Å². The second-order valence-corrected chi connectivity index (χ2v) is 9.81. The lowest BCUT2D eigenvalue weighted by molar-refractivity contribution is 0.517. The lowest BCUT2D eigenvalue weighted by Crippen LogP contribution is -2.43. The summed E-state index contributed by atoms with van der Waals surface area (Å²) in [6, 6.07) is 4.45. The molecular weight excluding hydrogens is 366 g/mol. The van der Waals surface area contributed by atoms with E-state index in [1.807, 2.05) is 0 Å². The van der Waals surface area contributed by atoms with Crippen molar-refractivity contribution in [3.8, 4) is 0 Å². The van der Waals surface area contributed by atoms with Gasteiger partial charge in [-0.15, -0.1) is 0 Å². The molecule has 112 valence electrons. The summed E-state index contributed by atoms with van der Waals surface area (Å²) in [5.74, 6) is 0.0143. The summed E-state index contributed by atoms with van der Waals surface area (Å²) >= 11 is 3.24. The van der Waals surface area contributed by atoms with E-state index >= 15 is 0 Å². The van der Waals surface area contributed by atoms with Crippen LogP contribution in [0.15, 0.2) is 27.6 Å². The zero-order chi connectivity index (χ0) is 15.0. The minimum Gasteiger partial charge on any atom is -0.229 e. The molecule has 0 saturated carbocycles. The number of halogens is 1. The zero-order valence-corrected chi connectivity index (χ0v) is 14.2. The molecule has 1 aliphatic rings. The summed E-state index contributed by atoms with van der Waals surface area (Å²) < 4.78 is 51.0. The average molecular weight is 382 g/mol. The number of hydrogen-bond acceptors (Lipinski definition) is 4. The Bertz CT molecular complexity index is 713. The van der Waals surface area contributed by atoms with Crippen LogP contribution in [-0.4, -0.2) is 34.4 Å². The van der Waals surface area contributed by atoms with Gasteiger partial charge in [0, 0.05) is 10.5 Å². The molecule has 20 heavy (non-hydrogen) atoms. The molecule has 1 N–H and O–H groups in total. The molecule has 1 fully saturated rings. The largest absolute Gasteiger partial charge is 0.241 e. The molecule has 1 aromatic carbocycles. The van der Waals surface area contributed by atoms with E-state index in [2.05, 4.69) is 20.7 Å². The zero-order valence-electron chi connectivity index (χ0n) is 11.0. The minimum absolute atomic E-state index is 0.126. The number of sulfonamides is 1. The summed E-state index contributed by atoms with van der Waals surface area (Å²) in [7, 11) is -6.85. The van der Waals surface area contributed by atoms with Crippen LogP contribution in [0.5, 0.6) is 0 Å². The van der Waals surface area contributed by atoms with E-state index in [9.17, 15) is 16.8 Å². The van der Waals surface area contributed by atoms with Crippen LogP contribution in [0.1, 0.15) is 18.4 Å². The Morgan fingerprint density at radius 2 is 2.05 bits per heavy atom. The van der Waals surface area contributed by atoms with Crippen LogP contribution in [0.25, 0.3) is 0 Å². The van der Waals surface area contributed by atoms with Gasteiger partial charge < -0.3 is 0 Å². The van der Waals surface area contributed by atoms with Gasteiger partial charge in [0.2, 0.25) is 10.0 Å². The Kier molecular flexibility index (Phi) is 4.58. The summed E-state index contributed by atoms with van der Waals surface area (Å²) in [4.78, 5) is 0.176. The highest BCUT2D eigenvalue weighted by Gasteiger charge is 2.29. The van der Waals surface area contributed by atoms with Gasteiger partial charge in [-0.1, -0.05) is 22.0 Å². The molecule has 0 aromatic heterocycles. The van der Waals surface area contributed by atoms with Crippen molar-refractivity contribution >= 4 is 35.8 Å². The monoisotopic (exact) mass is 381 g/mol. The molecule has 1 saturated heterocycles. The molecular formula is C12H16BrNO4S2. The standard InChI is InChI=1S/C12H16BrNO4S2/c1-9-4-5-10(13)7-12(9)20(17,18)14-11-3-2-6-19(15,16)8-11/h4-5,7,11,14H,2-3,6,8H2,1H3. The van der Waals surface area contributed by atoms with E-state index in [0.29, 0.717) is 22.9 Å². The number of nitrogens with one attached hydrogen (secondary N) is 1. The fraction of sp³-hybridized carbons (Fsp3) is 0.500. The van der Waals surface area contributed by atoms with E-state index in [1.165, 1.54) is 6.07 Å². The molecule has 1 unspecified atom stereocenters. The van der Waals surface area contributed by atoms with E-state index in [0.717, 1.165) is 0 Å². The van der Waals surface area contributed by atoms with E-state index in [4.69, 9.17) is 0 Å². The smallest absolute Gasteiger partial charge is 0.229 e. The molecule has 0 spiro atoms. The van der Waals surface area contributed by atoms with Gasteiger partial charge in [-0.3, -0.25) is 0 Å². The van der Waals surface area contributed by atoms with Gasteiger partial charge in [0.1, 0.15) is 0 Å². The van der Waals surface area contributed by atoms with Gasteiger partial charge in [0.05, 0.1) is 16.4 Å². The van der Waals surface area contributed by atoms with Crippen molar-refractivity contribution in [3.63, 3.8) is 0 Å². The van der Waals surface area contributed by atoms with Crippen LogP contribution >= 0.6 is 15.9 Å². The molecule has 0 aliphatic carbocycles. The van der Waals surface area contributed by atoms with Crippen LogP contribution < -0.4 is 4.72 Å². The van der Waals surface area contributed by atoms with E-state index in [-0.39, 0.29) is 16.4 Å². The molecule has 0 amide bonds. The quantitative estimate of drug-likeness (QED) is 0.862. The van der Waals surface area contributed by atoms with E-state index < -0.39 is 25.9 Å². The first-order chi connectivity index (χ1) is 9.20. The second-order valence-electron chi connectivity index (χ2n) is 4.98. The van der Waals surface area contributed by atoms with Crippen LogP contribution in [0.2, 0.25) is 0 Å². The fourth-order valence-corrected chi connectivity index (χ4v) is 6.06. The number of aryl methyl sites for hydroxylation is 1. The van der Waals surface area contributed by atoms with Gasteiger partial charge in [-0.25, -0.2) is 21.6 Å². The Morgan fingerprint density at radius 3 is 2.70 bits per heavy atom. The first-order valence-corrected chi connectivity index (χ1v) is 10.3. The topological polar surface area (TPSA) is 80.3 Å². The molecule has 2 rings (SSSR count). The summed E-state index contributed by atoms with van der Waals surface area (Å²) in [5, 5.41) is 0. The Hall–Kier alpha value is -0.440. The highest BCUT2D eigenvalue weighted by Crippen LogP contribution is 2.22. The van der Waals surface area contributed by atoms with Gasteiger partial charge in [-0.2, -0.15) is 0 Å². The van der Waals surface area contributed by atoms with Crippen molar-refractivity contribution in [1.29, 1.82) is 0 Å². The third-order valence-electron chi connectivity index (χ3n) is 3.22. The highest BCUT2D eigenvalue weighted by molar-refractivity contribution is 9.10. The third kappa shape index (κ3) is 3.81. The van der Waals surface area contributed by atoms with Crippen molar-refractivity contribution in [2.45, 2.75) is 30.7 Å².